The molecule has 0 aliphatic carbocycles. The monoisotopic (exact) mass is 411 g/mol. The number of nitrogens with zero attached hydrogens (tertiary/aromatic N) is 4. The van der Waals surface area contributed by atoms with Gasteiger partial charge in [0.05, 0.1) is 24.4 Å². The second-order valence-corrected chi connectivity index (χ2v) is 6.80. The molecule has 8 nitrogen and oxygen atoms in total. The number of carbonyl (C=O) groups is 1. The highest BCUT2D eigenvalue weighted by atomic mass is 35.5. The standard InChI is InChI=1S/C20H18ClN5O3/c1-28-16-5-2-13(3-6-16)20-24-19(29-25-20)9-8-18(27)22-10-15-12-26-11-14(21)4-7-17(26)23-15/h2-7,11-12H,8-10H2,1H3,(H,22,27). The van der Waals surface area contributed by atoms with E-state index in [4.69, 9.17) is 20.9 Å². The van der Waals surface area contributed by atoms with Crippen LogP contribution in [0.3, 0.4) is 0 Å². The highest BCUT2D eigenvalue weighted by molar-refractivity contribution is 6.30. The summed E-state index contributed by atoms with van der Waals surface area (Å²) in [5.74, 6) is 1.52. The van der Waals surface area contributed by atoms with Gasteiger partial charge in [-0.15, -0.1) is 0 Å². The Morgan fingerprint density at radius 2 is 2.00 bits per heavy atom. The van der Waals surface area contributed by atoms with E-state index in [1.165, 1.54) is 0 Å². The topological polar surface area (TPSA) is 94.5 Å². The van der Waals surface area contributed by atoms with Crippen LogP contribution in [0.25, 0.3) is 17.0 Å². The SMILES string of the molecule is COc1ccc(-c2noc(CCC(=O)NCc3cn4cc(Cl)ccc4n3)n2)cc1. The van der Waals surface area contributed by atoms with Crippen molar-refractivity contribution in [3.05, 3.63) is 65.4 Å². The number of benzene rings is 1. The number of rotatable bonds is 7. The van der Waals surface area contributed by atoms with E-state index in [1.807, 2.05) is 40.9 Å². The summed E-state index contributed by atoms with van der Waals surface area (Å²) in [6.45, 7) is 0.332. The molecule has 0 saturated carbocycles. The van der Waals surface area contributed by atoms with Crippen molar-refractivity contribution in [2.24, 2.45) is 0 Å². The number of methoxy groups -OCH3 is 1. The Morgan fingerprint density at radius 1 is 1.17 bits per heavy atom. The van der Waals surface area contributed by atoms with Gasteiger partial charge in [-0.05, 0) is 36.4 Å². The Morgan fingerprint density at radius 3 is 2.79 bits per heavy atom. The Hall–Kier alpha value is -3.39. The van der Waals surface area contributed by atoms with Gasteiger partial charge in [-0.25, -0.2) is 4.98 Å². The fourth-order valence-corrected chi connectivity index (χ4v) is 2.98. The maximum absolute atomic E-state index is 12.1. The molecule has 0 saturated heterocycles. The molecular formula is C20H18ClN5O3. The summed E-state index contributed by atoms with van der Waals surface area (Å²) in [7, 11) is 1.61. The Bertz CT molecular complexity index is 1140. The number of carbonyl (C=O) groups excluding carboxylic acids is 1. The second-order valence-electron chi connectivity index (χ2n) is 6.36. The van der Waals surface area contributed by atoms with Crippen LogP contribution >= 0.6 is 11.6 Å². The minimum atomic E-state index is -0.121. The van der Waals surface area contributed by atoms with Gasteiger partial charge in [0, 0.05) is 30.8 Å². The van der Waals surface area contributed by atoms with Crippen molar-refractivity contribution in [2.45, 2.75) is 19.4 Å². The lowest BCUT2D eigenvalue weighted by Gasteiger charge is -2.01. The number of nitrogens with one attached hydrogen (secondary N) is 1. The van der Waals surface area contributed by atoms with Crippen LogP contribution < -0.4 is 10.1 Å². The first-order valence-corrected chi connectivity index (χ1v) is 9.35. The predicted molar refractivity (Wildman–Crippen MR) is 107 cm³/mol. The summed E-state index contributed by atoms with van der Waals surface area (Å²) in [6.07, 6.45) is 4.20. The molecular weight excluding hydrogens is 394 g/mol. The molecule has 0 unspecified atom stereocenters. The number of amides is 1. The van der Waals surface area contributed by atoms with Crippen molar-refractivity contribution in [1.82, 2.24) is 24.8 Å². The van der Waals surface area contributed by atoms with E-state index in [0.29, 0.717) is 29.7 Å². The zero-order chi connectivity index (χ0) is 20.2. The van der Waals surface area contributed by atoms with Crippen LogP contribution in [0.2, 0.25) is 5.02 Å². The molecule has 9 heteroatoms. The lowest BCUT2D eigenvalue weighted by molar-refractivity contribution is -0.121. The first kappa shape index (κ1) is 18.9. The quantitative estimate of drug-likeness (QED) is 0.501. The zero-order valence-electron chi connectivity index (χ0n) is 15.6. The molecule has 0 radical (unpaired) electrons. The number of hydrogen-bond acceptors (Lipinski definition) is 6. The van der Waals surface area contributed by atoms with Crippen LogP contribution in [0.1, 0.15) is 18.0 Å². The fourth-order valence-electron chi connectivity index (χ4n) is 2.81. The fraction of sp³-hybridized carbons (Fsp3) is 0.200. The summed E-state index contributed by atoms with van der Waals surface area (Å²) < 4.78 is 12.2. The molecule has 1 N–H and O–H groups in total. The van der Waals surface area contributed by atoms with E-state index >= 15 is 0 Å². The summed E-state index contributed by atoms with van der Waals surface area (Å²) in [5.41, 5.74) is 2.34. The summed E-state index contributed by atoms with van der Waals surface area (Å²) in [5, 5.41) is 7.43. The van der Waals surface area contributed by atoms with Gasteiger partial charge in [-0.1, -0.05) is 16.8 Å². The maximum Gasteiger partial charge on any atom is 0.227 e. The van der Waals surface area contributed by atoms with Gasteiger partial charge >= 0.3 is 0 Å². The van der Waals surface area contributed by atoms with E-state index in [1.54, 1.807) is 19.4 Å². The molecule has 29 heavy (non-hydrogen) atoms. The van der Waals surface area contributed by atoms with Crippen molar-refractivity contribution in [2.75, 3.05) is 7.11 Å². The molecule has 4 aromatic rings. The molecule has 1 aromatic carbocycles. The number of pyridine rings is 1. The van der Waals surface area contributed by atoms with Crippen LogP contribution in [0, 0.1) is 0 Å². The third-order valence-electron chi connectivity index (χ3n) is 4.31. The average molecular weight is 412 g/mol. The van der Waals surface area contributed by atoms with Crippen molar-refractivity contribution < 1.29 is 14.1 Å². The van der Waals surface area contributed by atoms with Gasteiger partial charge in [-0.2, -0.15) is 4.98 Å². The van der Waals surface area contributed by atoms with E-state index in [2.05, 4.69) is 20.4 Å². The average Bonchev–Trinajstić information content (AvgIpc) is 3.37. The maximum atomic E-state index is 12.1. The first-order valence-electron chi connectivity index (χ1n) is 8.97. The van der Waals surface area contributed by atoms with E-state index in [9.17, 15) is 4.79 Å². The van der Waals surface area contributed by atoms with Gasteiger partial charge in [0.15, 0.2) is 0 Å². The smallest absolute Gasteiger partial charge is 0.227 e. The van der Waals surface area contributed by atoms with Gasteiger partial charge in [0.2, 0.25) is 17.6 Å². The van der Waals surface area contributed by atoms with E-state index in [-0.39, 0.29) is 12.3 Å². The summed E-state index contributed by atoms with van der Waals surface area (Å²) in [4.78, 5) is 20.9. The number of imidazole rings is 1. The van der Waals surface area contributed by atoms with E-state index in [0.717, 1.165) is 22.7 Å². The minimum absolute atomic E-state index is 0.121. The van der Waals surface area contributed by atoms with Gasteiger partial charge < -0.3 is 19.0 Å². The molecule has 3 heterocycles. The van der Waals surface area contributed by atoms with Crippen molar-refractivity contribution in [3.63, 3.8) is 0 Å². The third kappa shape index (κ3) is 4.55. The van der Waals surface area contributed by atoms with Gasteiger partial charge in [0.25, 0.3) is 0 Å². The van der Waals surface area contributed by atoms with Crippen molar-refractivity contribution in [3.8, 4) is 17.1 Å². The number of aryl methyl sites for hydroxylation is 1. The molecule has 0 bridgehead atoms. The van der Waals surface area contributed by atoms with Gasteiger partial charge in [-0.3, -0.25) is 4.79 Å². The number of halogens is 1. The Labute approximate surface area is 171 Å². The van der Waals surface area contributed by atoms with E-state index < -0.39 is 0 Å². The lowest BCUT2D eigenvalue weighted by atomic mass is 10.2. The molecule has 0 atom stereocenters. The molecule has 0 fully saturated rings. The normalized spacial score (nSPS) is 11.0. The first-order chi connectivity index (χ1) is 14.1. The predicted octanol–water partition coefficient (Wildman–Crippen LogP) is 3.30. The molecule has 4 rings (SSSR count). The van der Waals surface area contributed by atoms with Crippen LogP contribution in [-0.4, -0.2) is 32.5 Å². The van der Waals surface area contributed by atoms with Crippen LogP contribution in [0.5, 0.6) is 5.75 Å². The van der Waals surface area contributed by atoms with Crippen molar-refractivity contribution >= 4 is 23.2 Å². The highest BCUT2D eigenvalue weighted by Crippen LogP contribution is 2.20. The summed E-state index contributed by atoms with van der Waals surface area (Å²) >= 11 is 5.97. The number of ether oxygens (including phenoxy) is 1. The molecule has 0 aliphatic rings. The van der Waals surface area contributed by atoms with Gasteiger partial charge in [0.1, 0.15) is 11.4 Å². The largest absolute Gasteiger partial charge is 0.497 e. The van der Waals surface area contributed by atoms with Crippen LogP contribution in [0.4, 0.5) is 0 Å². The third-order valence-corrected chi connectivity index (χ3v) is 4.54. The zero-order valence-corrected chi connectivity index (χ0v) is 16.4. The molecule has 148 valence electrons. The number of fused-ring (bicyclic) bond motifs is 1. The number of hydrogen-bond donors (Lipinski definition) is 1. The minimum Gasteiger partial charge on any atom is -0.497 e. The van der Waals surface area contributed by atoms with Crippen molar-refractivity contribution in [1.29, 1.82) is 0 Å². The molecule has 0 spiro atoms. The molecule has 3 aromatic heterocycles. The van der Waals surface area contributed by atoms with Crippen LogP contribution in [-0.2, 0) is 17.8 Å². The summed E-state index contributed by atoms with van der Waals surface area (Å²) in [6, 6.07) is 10.9. The Kier molecular flexibility index (Phi) is 5.44. The Balaban J connectivity index is 1.29. The second kappa shape index (κ2) is 8.32. The number of aromatic nitrogens is 4. The molecule has 0 aliphatic heterocycles. The lowest BCUT2D eigenvalue weighted by Crippen LogP contribution is -2.23. The molecule has 1 amide bonds. The van der Waals surface area contributed by atoms with Crippen LogP contribution in [0.15, 0.2) is 53.3 Å². The highest BCUT2D eigenvalue weighted by Gasteiger charge is 2.11.